The Labute approximate surface area is 129 Å². The second-order valence-corrected chi connectivity index (χ2v) is 6.74. The van der Waals surface area contributed by atoms with E-state index in [1.807, 2.05) is 24.4 Å². The summed E-state index contributed by atoms with van der Waals surface area (Å²) in [4.78, 5) is 26.7. The molecule has 1 aliphatic carbocycles. The van der Waals surface area contributed by atoms with Crippen molar-refractivity contribution in [2.45, 2.75) is 45.7 Å². The van der Waals surface area contributed by atoms with Crippen molar-refractivity contribution in [3.8, 4) is 0 Å². The van der Waals surface area contributed by atoms with Crippen molar-refractivity contribution in [2.75, 3.05) is 6.54 Å². The Kier molecular flexibility index (Phi) is 4.88. The molecule has 2 atom stereocenters. The van der Waals surface area contributed by atoms with Crippen LogP contribution in [0.15, 0.2) is 17.5 Å². The summed E-state index contributed by atoms with van der Waals surface area (Å²) in [7, 11) is 0. The predicted molar refractivity (Wildman–Crippen MR) is 82.3 cm³/mol. The molecule has 116 valence electrons. The average molecular weight is 310 g/mol. The molecule has 1 fully saturated rings. The second-order valence-electron chi connectivity index (χ2n) is 5.71. The highest BCUT2D eigenvalue weighted by molar-refractivity contribution is 7.09. The molecule has 0 radical (unpaired) electrons. The fourth-order valence-electron chi connectivity index (χ4n) is 2.81. The standard InChI is InChI=1S/C15H22N2O3S/c1-3-17(10-11-6-5-9-21-11)14(20)16-12-7-4-8-15(12,2)13(18)19/h5-6,9,12H,3-4,7-8,10H2,1-2H3,(H,16,20)(H,18,19). The Bertz CT molecular complexity index is 503. The molecule has 1 aliphatic rings. The molecule has 0 aliphatic heterocycles. The number of carboxylic acid groups (broad SMARTS) is 1. The van der Waals surface area contributed by atoms with Crippen molar-refractivity contribution < 1.29 is 14.7 Å². The van der Waals surface area contributed by atoms with Crippen LogP contribution in [0.5, 0.6) is 0 Å². The van der Waals surface area contributed by atoms with E-state index in [0.717, 1.165) is 17.7 Å². The smallest absolute Gasteiger partial charge is 0.317 e. The van der Waals surface area contributed by atoms with Gasteiger partial charge in [-0.1, -0.05) is 12.5 Å². The molecule has 5 nitrogen and oxygen atoms in total. The van der Waals surface area contributed by atoms with Crippen molar-refractivity contribution in [1.29, 1.82) is 0 Å². The van der Waals surface area contributed by atoms with E-state index in [9.17, 15) is 14.7 Å². The van der Waals surface area contributed by atoms with Gasteiger partial charge in [0.15, 0.2) is 0 Å². The van der Waals surface area contributed by atoms with Crippen LogP contribution in [0.2, 0.25) is 0 Å². The molecule has 0 aromatic carbocycles. The molecule has 2 N–H and O–H groups in total. The Balaban J connectivity index is 2.00. The Morgan fingerprint density at radius 1 is 1.57 bits per heavy atom. The average Bonchev–Trinajstić information content (AvgIpc) is 3.07. The first kappa shape index (κ1) is 15.8. The summed E-state index contributed by atoms with van der Waals surface area (Å²) in [6.45, 7) is 4.82. The molecular weight excluding hydrogens is 288 g/mol. The van der Waals surface area contributed by atoms with E-state index in [4.69, 9.17) is 0 Å². The van der Waals surface area contributed by atoms with E-state index in [1.54, 1.807) is 23.2 Å². The number of carbonyl (C=O) groups is 2. The summed E-state index contributed by atoms with van der Waals surface area (Å²) in [6, 6.07) is 3.49. The molecule has 0 spiro atoms. The van der Waals surface area contributed by atoms with Gasteiger partial charge in [0.25, 0.3) is 0 Å². The number of amides is 2. The number of hydrogen-bond donors (Lipinski definition) is 2. The van der Waals surface area contributed by atoms with Gasteiger partial charge in [-0.25, -0.2) is 4.79 Å². The van der Waals surface area contributed by atoms with Crippen LogP contribution in [0.25, 0.3) is 0 Å². The topological polar surface area (TPSA) is 69.6 Å². The molecule has 2 rings (SSSR count). The number of rotatable bonds is 5. The van der Waals surface area contributed by atoms with Crippen LogP contribution in [-0.4, -0.2) is 34.6 Å². The summed E-state index contributed by atoms with van der Waals surface area (Å²) in [5.41, 5.74) is -0.849. The zero-order chi connectivity index (χ0) is 15.5. The van der Waals surface area contributed by atoms with Crippen molar-refractivity contribution in [1.82, 2.24) is 10.2 Å². The molecule has 1 aromatic heterocycles. The van der Waals surface area contributed by atoms with Crippen molar-refractivity contribution in [3.63, 3.8) is 0 Å². The number of aliphatic carboxylic acids is 1. The number of urea groups is 1. The SMILES string of the molecule is CCN(Cc1cccs1)C(=O)NC1CCCC1(C)C(=O)O. The Morgan fingerprint density at radius 2 is 2.33 bits per heavy atom. The fraction of sp³-hybridized carbons (Fsp3) is 0.600. The van der Waals surface area contributed by atoms with Crippen molar-refractivity contribution >= 4 is 23.3 Å². The minimum Gasteiger partial charge on any atom is -0.481 e. The van der Waals surface area contributed by atoms with Crippen LogP contribution >= 0.6 is 11.3 Å². The molecular formula is C15H22N2O3S. The summed E-state index contributed by atoms with van der Waals surface area (Å²) >= 11 is 1.62. The van der Waals surface area contributed by atoms with Gasteiger partial charge < -0.3 is 15.3 Å². The van der Waals surface area contributed by atoms with Gasteiger partial charge in [0.2, 0.25) is 0 Å². The summed E-state index contributed by atoms with van der Waals surface area (Å²) in [6.07, 6.45) is 2.18. The third-order valence-corrected chi connectivity index (χ3v) is 5.20. The van der Waals surface area contributed by atoms with Gasteiger partial charge in [0, 0.05) is 17.5 Å². The number of nitrogens with one attached hydrogen (secondary N) is 1. The Hall–Kier alpha value is -1.56. The first-order valence-corrected chi connectivity index (χ1v) is 8.16. The maximum atomic E-state index is 12.4. The zero-order valence-electron chi connectivity index (χ0n) is 12.5. The van der Waals surface area contributed by atoms with E-state index in [1.165, 1.54) is 0 Å². The molecule has 1 aromatic rings. The second kappa shape index (κ2) is 6.47. The molecule has 2 amide bonds. The minimum atomic E-state index is -0.849. The summed E-state index contributed by atoms with van der Waals surface area (Å²) in [5, 5.41) is 14.3. The van der Waals surface area contributed by atoms with Crippen LogP contribution < -0.4 is 5.32 Å². The lowest BCUT2D eigenvalue weighted by atomic mass is 9.85. The molecule has 1 heterocycles. The zero-order valence-corrected chi connectivity index (χ0v) is 13.3. The van der Waals surface area contributed by atoms with Gasteiger partial charge in [-0.3, -0.25) is 4.79 Å². The molecule has 1 saturated carbocycles. The molecule has 2 unspecified atom stereocenters. The number of thiophene rings is 1. The number of carbonyl (C=O) groups excluding carboxylic acids is 1. The van der Waals surface area contributed by atoms with Crippen molar-refractivity contribution in [2.24, 2.45) is 5.41 Å². The number of hydrogen-bond acceptors (Lipinski definition) is 3. The maximum absolute atomic E-state index is 12.4. The van der Waals surface area contributed by atoms with Crippen molar-refractivity contribution in [3.05, 3.63) is 22.4 Å². The van der Waals surface area contributed by atoms with E-state index >= 15 is 0 Å². The van der Waals surface area contributed by atoms with Gasteiger partial charge in [0.05, 0.1) is 12.0 Å². The predicted octanol–water partition coefficient (Wildman–Crippen LogP) is 2.92. The fourth-order valence-corrected chi connectivity index (χ4v) is 3.53. The monoisotopic (exact) mass is 310 g/mol. The normalized spacial score (nSPS) is 24.8. The highest BCUT2D eigenvalue weighted by Crippen LogP contribution is 2.38. The maximum Gasteiger partial charge on any atom is 0.317 e. The van der Waals surface area contributed by atoms with E-state index in [0.29, 0.717) is 19.5 Å². The molecule has 6 heteroatoms. The van der Waals surface area contributed by atoms with Crippen LogP contribution in [0.3, 0.4) is 0 Å². The number of nitrogens with zero attached hydrogens (tertiary/aromatic N) is 1. The highest BCUT2D eigenvalue weighted by Gasteiger charge is 2.46. The van der Waals surface area contributed by atoms with Gasteiger partial charge in [-0.2, -0.15) is 0 Å². The van der Waals surface area contributed by atoms with E-state index in [2.05, 4.69) is 5.32 Å². The Morgan fingerprint density at radius 3 is 2.90 bits per heavy atom. The van der Waals surface area contributed by atoms with E-state index < -0.39 is 11.4 Å². The first-order valence-electron chi connectivity index (χ1n) is 7.28. The van der Waals surface area contributed by atoms with Gasteiger partial charge in [-0.05, 0) is 38.1 Å². The van der Waals surface area contributed by atoms with E-state index in [-0.39, 0.29) is 12.1 Å². The quantitative estimate of drug-likeness (QED) is 0.878. The van der Waals surface area contributed by atoms with Gasteiger partial charge in [-0.15, -0.1) is 11.3 Å². The molecule has 21 heavy (non-hydrogen) atoms. The number of carboxylic acids is 1. The van der Waals surface area contributed by atoms with Crippen LogP contribution in [0, 0.1) is 5.41 Å². The third-order valence-electron chi connectivity index (χ3n) is 4.34. The lowest BCUT2D eigenvalue weighted by molar-refractivity contribution is -0.148. The summed E-state index contributed by atoms with van der Waals surface area (Å²) in [5.74, 6) is -0.827. The molecule has 0 bridgehead atoms. The highest BCUT2D eigenvalue weighted by atomic mass is 32.1. The third kappa shape index (κ3) is 3.37. The van der Waals surface area contributed by atoms with Crippen LogP contribution in [0.1, 0.15) is 38.0 Å². The van der Waals surface area contributed by atoms with Crippen LogP contribution in [-0.2, 0) is 11.3 Å². The minimum absolute atomic E-state index is 0.176. The van der Waals surface area contributed by atoms with Gasteiger partial charge >= 0.3 is 12.0 Å². The first-order chi connectivity index (χ1) is 9.97. The summed E-state index contributed by atoms with van der Waals surface area (Å²) < 4.78 is 0. The molecule has 0 saturated heterocycles. The lowest BCUT2D eigenvalue weighted by Crippen LogP contribution is -2.51. The van der Waals surface area contributed by atoms with Gasteiger partial charge in [0.1, 0.15) is 0 Å². The van der Waals surface area contributed by atoms with Crippen LogP contribution in [0.4, 0.5) is 4.79 Å². The largest absolute Gasteiger partial charge is 0.481 e. The lowest BCUT2D eigenvalue weighted by Gasteiger charge is -2.30.